The van der Waals surface area contributed by atoms with E-state index in [1.54, 1.807) is 0 Å². The van der Waals surface area contributed by atoms with E-state index >= 15 is 0 Å². The summed E-state index contributed by atoms with van der Waals surface area (Å²) in [5.41, 5.74) is 7.74. The monoisotopic (exact) mass is 533 g/mol. The molecular formula is C34H35N3O3. The molecule has 0 saturated carbocycles. The molecule has 7 rings (SSSR count). The summed E-state index contributed by atoms with van der Waals surface area (Å²) in [4.78, 5) is 15.6. The van der Waals surface area contributed by atoms with Crippen molar-refractivity contribution < 1.29 is 14.6 Å². The Bertz CT molecular complexity index is 1530. The summed E-state index contributed by atoms with van der Waals surface area (Å²) in [6.07, 6.45) is 3.57. The minimum Gasteiger partial charge on any atom is -0.448 e. The molecule has 1 amide bonds. The lowest BCUT2D eigenvalue weighted by atomic mass is 9.72. The molecule has 1 aromatic heterocycles. The van der Waals surface area contributed by atoms with Crippen LogP contribution < -0.4 is 0 Å². The fraction of sp³-hybridized carbons (Fsp3) is 0.353. The Balaban J connectivity index is 1.10. The number of amides is 1. The topological polar surface area (TPSA) is 67.6 Å². The summed E-state index contributed by atoms with van der Waals surface area (Å²) >= 11 is 0. The Morgan fingerprint density at radius 3 is 2.20 bits per heavy atom. The third kappa shape index (κ3) is 4.13. The number of ether oxygens (including phenoxy) is 1. The second kappa shape index (κ2) is 9.63. The number of aliphatic hydroxyl groups is 1. The van der Waals surface area contributed by atoms with Gasteiger partial charge in [0.05, 0.1) is 17.0 Å². The molecule has 6 nitrogen and oxygen atoms in total. The molecule has 3 aromatic carbocycles. The third-order valence-electron chi connectivity index (χ3n) is 9.19. The summed E-state index contributed by atoms with van der Waals surface area (Å²) in [6, 6.07) is 26.9. The molecule has 1 N–H and O–H groups in total. The molecule has 0 spiro atoms. The molecule has 0 radical (unpaired) electrons. The number of hydrogen-bond acceptors (Lipinski definition) is 4. The number of carbonyl (C=O) groups excluding carboxylic acids is 1. The highest BCUT2D eigenvalue weighted by molar-refractivity contribution is 5.79. The number of piperidine rings is 2. The normalized spacial score (nSPS) is 23.5. The second-order valence-corrected chi connectivity index (χ2v) is 11.8. The summed E-state index contributed by atoms with van der Waals surface area (Å²) in [5.74, 6) is 0.0371. The van der Waals surface area contributed by atoms with Crippen molar-refractivity contribution in [1.29, 1.82) is 0 Å². The molecule has 2 aliphatic heterocycles. The van der Waals surface area contributed by atoms with E-state index < -0.39 is 5.60 Å². The molecule has 2 fully saturated rings. The zero-order valence-corrected chi connectivity index (χ0v) is 23.1. The van der Waals surface area contributed by atoms with Gasteiger partial charge in [0.1, 0.15) is 6.61 Å². The van der Waals surface area contributed by atoms with Crippen LogP contribution in [-0.2, 0) is 10.3 Å². The Morgan fingerprint density at radius 2 is 1.57 bits per heavy atom. The predicted molar refractivity (Wildman–Crippen MR) is 155 cm³/mol. The van der Waals surface area contributed by atoms with E-state index in [4.69, 9.17) is 4.74 Å². The summed E-state index contributed by atoms with van der Waals surface area (Å²) in [5, 5.41) is 16.6. The largest absolute Gasteiger partial charge is 0.448 e. The SMILES string of the molecule is Cc1cc(C)n(-c2cccc(C3(O)CC4CCCC(C3)N4C(=O)OCC3c4ccccc4-c4ccccc43)c2)n1. The quantitative estimate of drug-likeness (QED) is 0.319. The molecule has 3 heterocycles. The number of aromatic nitrogens is 2. The molecule has 40 heavy (non-hydrogen) atoms. The van der Waals surface area contributed by atoms with Crippen molar-refractivity contribution in [3.05, 3.63) is 107 Å². The van der Waals surface area contributed by atoms with Crippen LogP contribution in [0.2, 0.25) is 0 Å². The van der Waals surface area contributed by atoms with Crippen LogP contribution >= 0.6 is 0 Å². The molecule has 4 aromatic rings. The lowest BCUT2D eigenvalue weighted by molar-refractivity contribution is -0.0891. The van der Waals surface area contributed by atoms with Crippen LogP contribution in [0.3, 0.4) is 0 Å². The third-order valence-corrected chi connectivity index (χ3v) is 9.19. The van der Waals surface area contributed by atoms with Gasteiger partial charge in [-0.25, -0.2) is 9.48 Å². The van der Waals surface area contributed by atoms with Crippen LogP contribution in [-0.4, -0.2) is 44.6 Å². The van der Waals surface area contributed by atoms with E-state index in [0.717, 1.165) is 41.9 Å². The zero-order chi connectivity index (χ0) is 27.4. The second-order valence-electron chi connectivity index (χ2n) is 11.8. The highest BCUT2D eigenvalue weighted by atomic mass is 16.6. The van der Waals surface area contributed by atoms with E-state index in [0.29, 0.717) is 19.4 Å². The fourth-order valence-corrected chi connectivity index (χ4v) is 7.45. The van der Waals surface area contributed by atoms with Crippen molar-refractivity contribution in [3.8, 4) is 16.8 Å². The number of rotatable bonds is 4. The Labute approximate surface area is 235 Å². The van der Waals surface area contributed by atoms with Crippen molar-refractivity contribution in [2.75, 3.05) is 6.61 Å². The van der Waals surface area contributed by atoms with Crippen LogP contribution in [0.15, 0.2) is 78.9 Å². The van der Waals surface area contributed by atoms with Gasteiger partial charge >= 0.3 is 6.09 Å². The van der Waals surface area contributed by atoms with E-state index in [1.807, 2.05) is 41.6 Å². The molecule has 2 atom stereocenters. The first-order valence-corrected chi connectivity index (χ1v) is 14.4. The number of fused-ring (bicyclic) bond motifs is 5. The Hall–Kier alpha value is -3.90. The maximum absolute atomic E-state index is 13.6. The van der Waals surface area contributed by atoms with Crippen LogP contribution in [0.4, 0.5) is 4.79 Å². The minimum absolute atomic E-state index is 0.0371. The molecule has 2 bridgehead atoms. The van der Waals surface area contributed by atoms with Gasteiger partial charge in [-0.1, -0.05) is 60.7 Å². The highest BCUT2D eigenvalue weighted by Gasteiger charge is 2.49. The number of hydrogen-bond donors (Lipinski definition) is 1. The standard InChI is InChI=1S/C34H35N3O3/c1-22-17-23(2)37(35-22)25-10-7-9-24(18-25)34(39)19-26-11-8-12-27(20-34)36(26)33(38)40-21-32-30-15-5-3-13-28(30)29-14-4-6-16-31(29)32/h3-7,9-10,13-18,26-27,32,39H,8,11-12,19-21H2,1-2H3. The van der Waals surface area contributed by atoms with Gasteiger partial charge in [-0.15, -0.1) is 0 Å². The first-order valence-electron chi connectivity index (χ1n) is 14.4. The predicted octanol–water partition coefficient (Wildman–Crippen LogP) is 6.64. The number of aryl methyl sites for hydroxylation is 2. The van der Waals surface area contributed by atoms with Crippen LogP contribution in [0.25, 0.3) is 16.8 Å². The Kier molecular flexibility index (Phi) is 6.04. The van der Waals surface area contributed by atoms with Gasteiger partial charge in [-0.2, -0.15) is 5.10 Å². The van der Waals surface area contributed by atoms with Crippen molar-refractivity contribution in [1.82, 2.24) is 14.7 Å². The van der Waals surface area contributed by atoms with Crippen molar-refractivity contribution in [2.24, 2.45) is 0 Å². The number of benzene rings is 3. The Morgan fingerprint density at radius 1 is 0.925 bits per heavy atom. The maximum Gasteiger partial charge on any atom is 0.410 e. The van der Waals surface area contributed by atoms with Crippen molar-refractivity contribution in [3.63, 3.8) is 0 Å². The van der Waals surface area contributed by atoms with Gasteiger partial charge in [-0.05, 0) is 79.1 Å². The smallest absolute Gasteiger partial charge is 0.410 e. The molecule has 204 valence electrons. The lowest BCUT2D eigenvalue weighted by Crippen LogP contribution is -2.59. The van der Waals surface area contributed by atoms with Crippen LogP contribution in [0.5, 0.6) is 0 Å². The molecule has 3 aliphatic rings. The van der Waals surface area contributed by atoms with Crippen molar-refractivity contribution >= 4 is 6.09 Å². The van der Waals surface area contributed by atoms with E-state index in [-0.39, 0.29) is 24.1 Å². The van der Waals surface area contributed by atoms with Crippen LogP contribution in [0, 0.1) is 13.8 Å². The van der Waals surface area contributed by atoms with Gasteiger partial charge < -0.3 is 14.7 Å². The first-order chi connectivity index (χ1) is 19.4. The summed E-state index contributed by atoms with van der Waals surface area (Å²) in [6.45, 7) is 4.34. The van der Waals surface area contributed by atoms with E-state index in [1.165, 1.54) is 22.3 Å². The summed E-state index contributed by atoms with van der Waals surface area (Å²) < 4.78 is 8.00. The molecule has 1 aliphatic carbocycles. The van der Waals surface area contributed by atoms with Gasteiger partial charge in [0, 0.05) is 36.5 Å². The average molecular weight is 534 g/mol. The van der Waals surface area contributed by atoms with Crippen LogP contribution in [0.1, 0.15) is 66.1 Å². The number of carbonyl (C=O) groups is 1. The lowest BCUT2D eigenvalue weighted by Gasteiger charge is -2.51. The molecule has 2 unspecified atom stereocenters. The van der Waals surface area contributed by atoms with Gasteiger partial charge in [0.2, 0.25) is 0 Å². The molecule has 2 saturated heterocycles. The average Bonchev–Trinajstić information content (AvgIpc) is 3.47. The number of nitrogens with zero attached hydrogens (tertiary/aromatic N) is 3. The summed E-state index contributed by atoms with van der Waals surface area (Å²) in [7, 11) is 0. The molecule has 6 heteroatoms. The van der Waals surface area contributed by atoms with Gasteiger partial charge in [0.25, 0.3) is 0 Å². The highest BCUT2D eigenvalue weighted by Crippen LogP contribution is 2.47. The first kappa shape index (κ1) is 25.1. The minimum atomic E-state index is -0.998. The van der Waals surface area contributed by atoms with E-state index in [9.17, 15) is 9.90 Å². The molecular weight excluding hydrogens is 498 g/mol. The maximum atomic E-state index is 13.6. The van der Waals surface area contributed by atoms with E-state index in [2.05, 4.69) is 65.8 Å². The fourth-order valence-electron chi connectivity index (χ4n) is 7.45. The van der Waals surface area contributed by atoms with Crippen molar-refractivity contribution in [2.45, 2.75) is 69.6 Å². The van der Waals surface area contributed by atoms with Gasteiger partial charge in [0.15, 0.2) is 0 Å². The zero-order valence-electron chi connectivity index (χ0n) is 23.1. The van der Waals surface area contributed by atoms with Gasteiger partial charge in [-0.3, -0.25) is 0 Å².